The van der Waals surface area contributed by atoms with Gasteiger partial charge in [-0.25, -0.2) is 4.79 Å². The van der Waals surface area contributed by atoms with Crippen LogP contribution in [0.5, 0.6) is 0 Å². The average Bonchev–Trinajstić information content (AvgIpc) is 2.77. The molecule has 1 aliphatic heterocycles. The van der Waals surface area contributed by atoms with Crippen molar-refractivity contribution in [2.24, 2.45) is 11.8 Å². The molecule has 1 saturated heterocycles. The Morgan fingerprint density at radius 3 is 2.73 bits per heavy atom. The van der Waals surface area contributed by atoms with Gasteiger partial charge in [0.25, 0.3) is 0 Å². The van der Waals surface area contributed by atoms with Crippen LogP contribution < -0.4 is 0 Å². The Labute approximate surface area is 129 Å². The van der Waals surface area contributed by atoms with Gasteiger partial charge in [0, 0.05) is 30.8 Å². The Morgan fingerprint density at radius 1 is 1.41 bits per heavy atom. The van der Waals surface area contributed by atoms with Gasteiger partial charge in [0.2, 0.25) is 0 Å². The third-order valence-corrected chi connectivity index (χ3v) is 5.18. The summed E-state index contributed by atoms with van der Waals surface area (Å²) < 4.78 is 10.6. The molecule has 2 saturated carbocycles. The molecule has 3 fully saturated rings. The molecule has 5 atom stereocenters. The maximum atomic E-state index is 11.7. The van der Waals surface area contributed by atoms with Gasteiger partial charge in [-0.15, -0.1) is 0 Å². The Hall–Kier alpha value is -1.88. The molecule has 0 aromatic heterocycles. The molecule has 3 rings (SSSR count). The number of esters is 2. The average molecular weight is 304 g/mol. The maximum absolute atomic E-state index is 11.7. The number of hydrogen-bond donors (Lipinski definition) is 1. The number of carbonyl (C=O) groups is 2. The molecule has 5 unspecified atom stereocenters. The zero-order chi connectivity index (χ0) is 16.2. The SMILES string of the molecule is C=C1C(=O)OC2CC(=C)C3CC(OC(C)=O)C(=C)C3(O)CC12. The fourth-order valence-electron chi connectivity index (χ4n) is 4.00. The molecular weight excluding hydrogens is 284 g/mol. The lowest BCUT2D eigenvalue weighted by molar-refractivity contribution is -0.144. The van der Waals surface area contributed by atoms with Crippen molar-refractivity contribution >= 4 is 11.9 Å². The molecule has 5 nitrogen and oxygen atoms in total. The van der Waals surface area contributed by atoms with Crippen LogP contribution in [0, 0.1) is 11.8 Å². The molecule has 0 spiro atoms. The third kappa shape index (κ3) is 2.03. The van der Waals surface area contributed by atoms with E-state index in [2.05, 4.69) is 19.7 Å². The van der Waals surface area contributed by atoms with Crippen LogP contribution in [0.25, 0.3) is 0 Å². The predicted octanol–water partition coefficient (Wildman–Crippen LogP) is 1.67. The fraction of sp³-hybridized carbons (Fsp3) is 0.529. The summed E-state index contributed by atoms with van der Waals surface area (Å²) in [6.45, 7) is 13.1. The highest BCUT2D eigenvalue weighted by molar-refractivity contribution is 5.91. The Kier molecular flexibility index (Phi) is 3.29. The summed E-state index contributed by atoms with van der Waals surface area (Å²) in [5.41, 5.74) is 0.415. The van der Waals surface area contributed by atoms with Crippen molar-refractivity contribution < 1.29 is 24.2 Å². The van der Waals surface area contributed by atoms with Crippen LogP contribution in [0.2, 0.25) is 0 Å². The summed E-state index contributed by atoms with van der Waals surface area (Å²) in [5.74, 6) is -1.32. The van der Waals surface area contributed by atoms with E-state index < -0.39 is 23.6 Å². The minimum Gasteiger partial charge on any atom is -0.458 e. The summed E-state index contributed by atoms with van der Waals surface area (Å²) >= 11 is 0. The standard InChI is InChI=1S/C17H20O5/c1-8-5-15-12(9(2)16(19)22-15)7-17(20)10(3)14(6-13(8)17)21-11(4)18/h12-15,20H,1-3,5-7H2,4H3. The predicted molar refractivity (Wildman–Crippen MR) is 78.6 cm³/mol. The number of carbonyl (C=O) groups excluding carboxylic acids is 2. The lowest BCUT2D eigenvalue weighted by Gasteiger charge is -2.31. The van der Waals surface area contributed by atoms with Gasteiger partial charge >= 0.3 is 11.9 Å². The van der Waals surface area contributed by atoms with Crippen LogP contribution in [-0.4, -0.2) is 34.9 Å². The van der Waals surface area contributed by atoms with E-state index in [-0.39, 0.29) is 17.9 Å². The van der Waals surface area contributed by atoms with Gasteiger partial charge in [0.1, 0.15) is 12.2 Å². The molecule has 5 heteroatoms. The summed E-state index contributed by atoms with van der Waals surface area (Å²) in [5, 5.41) is 11.2. The lowest BCUT2D eigenvalue weighted by atomic mass is 9.79. The number of fused-ring (bicyclic) bond motifs is 2. The minimum atomic E-state index is -1.24. The van der Waals surface area contributed by atoms with Crippen LogP contribution in [-0.2, 0) is 19.1 Å². The van der Waals surface area contributed by atoms with E-state index in [1.807, 2.05) is 0 Å². The van der Waals surface area contributed by atoms with Crippen LogP contribution in [0.15, 0.2) is 36.5 Å². The molecule has 0 bridgehead atoms. The molecule has 118 valence electrons. The van der Waals surface area contributed by atoms with Crippen LogP contribution in [0.1, 0.15) is 26.2 Å². The molecule has 22 heavy (non-hydrogen) atoms. The first-order valence-corrected chi connectivity index (χ1v) is 7.40. The first-order chi connectivity index (χ1) is 10.2. The van der Waals surface area contributed by atoms with Crippen LogP contribution in [0.4, 0.5) is 0 Å². The Morgan fingerprint density at radius 2 is 2.09 bits per heavy atom. The molecule has 1 heterocycles. The van der Waals surface area contributed by atoms with Gasteiger partial charge < -0.3 is 14.6 Å². The van der Waals surface area contributed by atoms with E-state index >= 15 is 0 Å². The van der Waals surface area contributed by atoms with Gasteiger partial charge in [-0.05, 0) is 18.4 Å². The van der Waals surface area contributed by atoms with Gasteiger partial charge in [0.05, 0.1) is 5.60 Å². The monoisotopic (exact) mass is 304 g/mol. The van der Waals surface area contributed by atoms with Gasteiger partial charge in [-0.2, -0.15) is 0 Å². The highest BCUT2D eigenvalue weighted by atomic mass is 16.6. The fourth-order valence-corrected chi connectivity index (χ4v) is 4.00. The Bertz CT molecular complexity index is 604. The molecule has 0 aromatic rings. The summed E-state index contributed by atoms with van der Waals surface area (Å²) in [4.78, 5) is 23.0. The highest BCUT2D eigenvalue weighted by Crippen LogP contribution is 2.54. The van der Waals surface area contributed by atoms with Crippen molar-refractivity contribution in [3.63, 3.8) is 0 Å². The van der Waals surface area contributed by atoms with Crippen molar-refractivity contribution in [1.29, 1.82) is 0 Å². The molecule has 0 amide bonds. The van der Waals surface area contributed by atoms with Gasteiger partial charge in [-0.3, -0.25) is 4.79 Å². The third-order valence-electron chi connectivity index (χ3n) is 5.18. The number of ether oxygens (including phenoxy) is 2. The zero-order valence-electron chi connectivity index (χ0n) is 12.6. The Balaban J connectivity index is 1.94. The molecule has 0 aromatic carbocycles. The first-order valence-electron chi connectivity index (χ1n) is 7.40. The summed E-state index contributed by atoms with van der Waals surface area (Å²) in [7, 11) is 0. The quantitative estimate of drug-likeness (QED) is 0.453. The van der Waals surface area contributed by atoms with Crippen LogP contribution in [0.3, 0.4) is 0 Å². The second-order valence-corrected chi connectivity index (χ2v) is 6.48. The lowest BCUT2D eigenvalue weighted by Crippen LogP contribution is -2.37. The molecule has 2 aliphatic carbocycles. The molecule has 0 radical (unpaired) electrons. The van der Waals surface area contributed by atoms with Crippen molar-refractivity contribution in [2.45, 2.75) is 44.0 Å². The maximum Gasteiger partial charge on any atom is 0.334 e. The summed E-state index contributed by atoms with van der Waals surface area (Å²) in [6, 6.07) is 0. The zero-order valence-corrected chi connectivity index (χ0v) is 12.6. The first kappa shape index (κ1) is 15.0. The van der Waals surface area contributed by atoms with Gasteiger partial charge in [0.15, 0.2) is 0 Å². The summed E-state index contributed by atoms with van der Waals surface area (Å²) in [6.07, 6.45) is 0.410. The number of aliphatic hydroxyl groups is 1. The van der Waals surface area contributed by atoms with Crippen molar-refractivity contribution in [1.82, 2.24) is 0 Å². The topological polar surface area (TPSA) is 72.8 Å². The highest BCUT2D eigenvalue weighted by Gasteiger charge is 2.57. The van der Waals surface area contributed by atoms with Gasteiger partial charge in [-0.1, -0.05) is 25.3 Å². The minimum absolute atomic E-state index is 0.249. The molecule has 3 aliphatic rings. The number of hydrogen-bond acceptors (Lipinski definition) is 5. The van der Waals surface area contributed by atoms with E-state index in [0.717, 1.165) is 5.57 Å². The second kappa shape index (κ2) is 4.81. The molecular formula is C17H20O5. The molecule has 1 N–H and O–H groups in total. The normalized spacial score (nSPS) is 40.8. The van der Waals surface area contributed by atoms with E-state index in [4.69, 9.17) is 9.47 Å². The second-order valence-electron chi connectivity index (χ2n) is 6.48. The van der Waals surface area contributed by atoms with Crippen LogP contribution >= 0.6 is 0 Å². The van der Waals surface area contributed by atoms with Crippen molar-refractivity contribution in [3.8, 4) is 0 Å². The van der Waals surface area contributed by atoms with E-state index in [1.165, 1.54) is 6.92 Å². The van der Waals surface area contributed by atoms with Crippen molar-refractivity contribution in [3.05, 3.63) is 36.5 Å². The smallest absolute Gasteiger partial charge is 0.334 e. The number of rotatable bonds is 1. The largest absolute Gasteiger partial charge is 0.458 e. The van der Waals surface area contributed by atoms with E-state index in [0.29, 0.717) is 30.4 Å². The van der Waals surface area contributed by atoms with E-state index in [9.17, 15) is 14.7 Å². The van der Waals surface area contributed by atoms with Crippen molar-refractivity contribution in [2.75, 3.05) is 0 Å². The van der Waals surface area contributed by atoms with E-state index in [1.54, 1.807) is 0 Å².